The highest BCUT2D eigenvalue weighted by atomic mass is 19.3. The van der Waals surface area contributed by atoms with Gasteiger partial charge in [-0.2, -0.15) is 0 Å². The maximum Gasteiger partial charge on any atom is 0.330 e. The number of halogens is 2. The molecule has 0 unspecified atom stereocenters. The third kappa shape index (κ3) is 4.55. The molecule has 3 heterocycles. The molecule has 0 aliphatic carbocycles. The molecule has 0 radical (unpaired) electrons. The lowest BCUT2D eigenvalue weighted by molar-refractivity contribution is -0.0661. The van der Waals surface area contributed by atoms with Gasteiger partial charge in [-0.3, -0.25) is 14.0 Å². The SMILES string of the molecule is Cn1c(=O)n(CC(C)(C)C)c2ccc(-c3cc(CN4CCCC(F)(F)C4)ccc3N)nc21. The third-order valence-corrected chi connectivity index (χ3v) is 5.88. The Hall–Kier alpha value is -2.74. The fraction of sp³-hybridized carbons (Fsp3) is 0.500. The van der Waals surface area contributed by atoms with Crippen molar-refractivity contribution >= 4 is 16.9 Å². The van der Waals surface area contributed by atoms with E-state index >= 15 is 0 Å². The van der Waals surface area contributed by atoms with Crippen LogP contribution in [0.25, 0.3) is 22.4 Å². The van der Waals surface area contributed by atoms with Crippen LogP contribution >= 0.6 is 0 Å². The molecule has 0 atom stereocenters. The van der Waals surface area contributed by atoms with E-state index in [1.807, 2.05) is 24.3 Å². The Balaban J connectivity index is 1.69. The van der Waals surface area contributed by atoms with Gasteiger partial charge in [0.05, 0.1) is 17.8 Å². The van der Waals surface area contributed by atoms with E-state index in [-0.39, 0.29) is 24.1 Å². The minimum absolute atomic E-state index is 0.0476. The third-order valence-electron chi connectivity index (χ3n) is 5.88. The molecule has 2 N–H and O–H groups in total. The Morgan fingerprint density at radius 2 is 1.94 bits per heavy atom. The quantitative estimate of drug-likeness (QED) is 0.612. The smallest absolute Gasteiger partial charge is 0.330 e. The van der Waals surface area contributed by atoms with Crippen LogP contribution in [0.4, 0.5) is 14.5 Å². The molecule has 0 bridgehead atoms. The molecule has 1 fully saturated rings. The molecule has 1 aliphatic heterocycles. The van der Waals surface area contributed by atoms with Crippen LogP contribution in [0.5, 0.6) is 0 Å². The topological polar surface area (TPSA) is 69.1 Å². The normalized spacial score (nSPS) is 17.2. The molecular formula is C24H31F2N5O. The summed E-state index contributed by atoms with van der Waals surface area (Å²) in [4.78, 5) is 19.3. The molecule has 0 amide bonds. The van der Waals surface area contributed by atoms with Crippen LogP contribution in [0.15, 0.2) is 35.1 Å². The molecule has 3 aromatic rings. The van der Waals surface area contributed by atoms with Crippen LogP contribution in [0.3, 0.4) is 0 Å². The average Bonchev–Trinajstić information content (AvgIpc) is 2.92. The molecule has 6 nitrogen and oxygen atoms in total. The van der Waals surface area contributed by atoms with Gasteiger partial charge in [-0.1, -0.05) is 26.8 Å². The Bertz CT molecular complexity index is 1210. The highest BCUT2D eigenvalue weighted by Gasteiger charge is 2.35. The number of fused-ring (bicyclic) bond motifs is 1. The second-order valence-electron chi connectivity index (χ2n) is 10.1. The molecule has 4 rings (SSSR count). The van der Waals surface area contributed by atoms with Gasteiger partial charge < -0.3 is 5.73 Å². The first-order valence-corrected chi connectivity index (χ1v) is 11.0. The zero-order valence-corrected chi connectivity index (χ0v) is 19.2. The van der Waals surface area contributed by atoms with Crippen molar-refractivity contribution in [3.63, 3.8) is 0 Å². The number of aryl methyl sites for hydroxylation is 1. The summed E-state index contributed by atoms with van der Waals surface area (Å²) in [5.41, 5.74) is 10.3. The van der Waals surface area contributed by atoms with E-state index in [9.17, 15) is 13.6 Å². The Morgan fingerprint density at radius 1 is 1.19 bits per heavy atom. The zero-order chi connectivity index (χ0) is 23.3. The zero-order valence-electron chi connectivity index (χ0n) is 19.2. The summed E-state index contributed by atoms with van der Waals surface area (Å²) in [6, 6.07) is 9.36. The Labute approximate surface area is 186 Å². The van der Waals surface area contributed by atoms with Crippen LogP contribution in [0.1, 0.15) is 39.2 Å². The van der Waals surface area contributed by atoms with Gasteiger partial charge in [0, 0.05) is 37.8 Å². The highest BCUT2D eigenvalue weighted by Crippen LogP contribution is 2.30. The summed E-state index contributed by atoms with van der Waals surface area (Å²) < 4.78 is 30.9. The number of pyridine rings is 1. The van der Waals surface area contributed by atoms with Gasteiger partial charge in [0.1, 0.15) is 0 Å². The molecule has 0 spiro atoms. The van der Waals surface area contributed by atoms with Crippen LogP contribution in [0, 0.1) is 5.41 Å². The summed E-state index contributed by atoms with van der Waals surface area (Å²) in [6.45, 7) is 7.72. The number of anilines is 1. The van der Waals surface area contributed by atoms with Crippen molar-refractivity contribution in [2.45, 2.75) is 52.6 Å². The molecule has 1 saturated heterocycles. The number of nitrogen functional groups attached to an aromatic ring is 1. The lowest BCUT2D eigenvalue weighted by atomic mass is 9.97. The number of hydrogen-bond acceptors (Lipinski definition) is 4. The van der Waals surface area contributed by atoms with Gasteiger partial charge in [0.15, 0.2) is 5.65 Å². The van der Waals surface area contributed by atoms with Crippen LogP contribution in [-0.2, 0) is 20.1 Å². The average molecular weight is 444 g/mol. The van der Waals surface area contributed by atoms with Gasteiger partial charge in [-0.05, 0) is 48.2 Å². The maximum atomic E-state index is 13.8. The van der Waals surface area contributed by atoms with Gasteiger partial charge in [0.25, 0.3) is 5.92 Å². The number of piperidine rings is 1. The van der Waals surface area contributed by atoms with Gasteiger partial charge in [-0.15, -0.1) is 0 Å². The standard InChI is InChI=1S/C24H31F2N5O/c1-23(2,3)14-31-20-9-8-19(28-21(20)29(4)22(31)32)17-12-16(6-7-18(17)27)13-30-11-5-10-24(25,26)15-30/h6-9,12H,5,10-11,13-15,27H2,1-4H3. The number of benzene rings is 1. The van der Waals surface area contributed by atoms with Crippen molar-refractivity contribution in [3.05, 3.63) is 46.4 Å². The number of imidazole rings is 1. The number of likely N-dealkylation sites (tertiary alicyclic amines) is 1. The summed E-state index contributed by atoms with van der Waals surface area (Å²) >= 11 is 0. The Kier molecular flexibility index (Phi) is 5.61. The van der Waals surface area contributed by atoms with Crippen molar-refractivity contribution in [2.24, 2.45) is 12.5 Å². The van der Waals surface area contributed by atoms with Gasteiger partial charge in [-0.25, -0.2) is 18.6 Å². The van der Waals surface area contributed by atoms with E-state index in [4.69, 9.17) is 10.7 Å². The van der Waals surface area contributed by atoms with Crippen LogP contribution in [0.2, 0.25) is 0 Å². The minimum Gasteiger partial charge on any atom is -0.398 e. The highest BCUT2D eigenvalue weighted by molar-refractivity contribution is 5.80. The molecule has 2 aromatic heterocycles. The van der Waals surface area contributed by atoms with Crippen molar-refractivity contribution < 1.29 is 8.78 Å². The Morgan fingerprint density at radius 3 is 2.62 bits per heavy atom. The predicted octanol–water partition coefficient (Wildman–Crippen LogP) is 4.26. The lowest BCUT2D eigenvalue weighted by Crippen LogP contribution is -2.42. The second kappa shape index (κ2) is 7.99. The van der Waals surface area contributed by atoms with Crippen molar-refractivity contribution in [1.82, 2.24) is 19.0 Å². The van der Waals surface area contributed by atoms with E-state index in [1.165, 1.54) is 0 Å². The molecule has 8 heteroatoms. The minimum atomic E-state index is -2.63. The fourth-order valence-corrected chi connectivity index (χ4v) is 4.41. The lowest BCUT2D eigenvalue weighted by Gasteiger charge is -2.32. The molecule has 0 saturated carbocycles. The first-order valence-electron chi connectivity index (χ1n) is 11.0. The first kappa shape index (κ1) is 22.5. The summed E-state index contributed by atoms with van der Waals surface area (Å²) in [5, 5.41) is 0. The van der Waals surface area contributed by atoms with E-state index in [0.29, 0.717) is 43.1 Å². The number of alkyl halides is 2. The summed E-state index contributed by atoms with van der Waals surface area (Å²) in [5.74, 6) is -2.63. The van der Waals surface area contributed by atoms with E-state index in [2.05, 4.69) is 20.8 Å². The summed E-state index contributed by atoms with van der Waals surface area (Å²) in [6.07, 6.45) is 0.445. The number of aromatic nitrogens is 3. The van der Waals surface area contributed by atoms with Crippen LogP contribution < -0.4 is 11.4 Å². The fourth-order valence-electron chi connectivity index (χ4n) is 4.41. The van der Waals surface area contributed by atoms with E-state index in [0.717, 1.165) is 16.6 Å². The van der Waals surface area contributed by atoms with Crippen molar-refractivity contribution in [2.75, 3.05) is 18.8 Å². The molecule has 172 valence electrons. The van der Waals surface area contributed by atoms with Gasteiger partial charge >= 0.3 is 5.69 Å². The number of nitrogens with zero attached hydrogens (tertiary/aromatic N) is 4. The van der Waals surface area contributed by atoms with Crippen LogP contribution in [-0.4, -0.2) is 38.0 Å². The monoisotopic (exact) mass is 443 g/mol. The van der Waals surface area contributed by atoms with Crippen molar-refractivity contribution in [1.29, 1.82) is 0 Å². The second-order valence-corrected chi connectivity index (χ2v) is 10.1. The van der Waals surface area contributed by atoms with Gasteiger partial charge in [0.2, 0.25) is 0 Å². The van der Waals surface area contributed by atoms with Crippen molar-refractivity contribution in [3.8, 4) is 11.3 Å². The predicted molar refractivity (Wildman–Crippen MR) is 124 cm³/mol. The molecular weight excluding hydrogens is 412 g/mol. The number of rotatable bonds is 4. The molecule has 32 heavy (non-hydrogen) atoms. The number of hydrogen-bond donors (Lipinski definition) is 1. The largest absolute Gasteiger partial charge is 0.398 e. The van der Waals surface area contributed by atoms with E-state index in [1.54, 1.807) is 27.1 Å². The van der Waals surface area contributed by atoms with E-state index < -0.39 is 5.92 Å². The first-order chi connectivity index (χ1) is 14.9. The molecule has 1 aromatic carbocycles. The summed E-state index contributed by atoms with van der Waals surface area (Å²) in [7, 11) is 1.72. The molecule has 1 aliphatic rings. The maximum absolute atomic E-state index is 13.8. The number of nitrogens with two attached hydrogens (primary N) is 1.